The molecule has 3 saturated carbocycles. The van der Waals surface area contributed by atoms with E-state index in [0.717, 1.165) is 36.9 Å². The van der Waals surface area contributed by atoms with Gasteiger partial charge >= 0.3 is 0 Å². The summed E-state index contributed by atoms with van der Waals surface area (Å²) in [6.07, 6.45) is 3.28. The second kappa shape index (κ2) is 2.62. The summed E-state index contributed by atoms with van der Waals surface area (Å²) in [5, 5.41) is 0. The Morgan fingerprint density at radius 1 is 1.33 bits per heavy atom. The smallest absolute Gasteiger partial charge is 0.126 e. The first-order chi connectivity index (χ1) is 7.09. The first-order valence-corrected chi connectivity index (χ1v) is 5.56. The van der Waals surface area contributed by atoms with Gasteiger partial charge in [-0.1, -0.05) is 17.7 Å². The van der Waals surface area contributed by atoms with Crippen LogP contribution in [0.1, 0.15) is 30.4 Å². The summed E-state index contributed by atoms with van der Waals surface area (Å²) in [4.78, 5) is 0. The molecule has 0 unspecified atom stereocenters. The van der Waals surface area contributed by atoms with E-state index in [0.29, 0.717) is 5.41 Å². The summed E-state index contributed by atoms with van der Waals surface area (Å²) >= 11 is 0. The highest BCUT2D eigenvalue weighted by atomic mass is 19.1. The minimum atomic E-state index is -0.0362. The Kier molecular flexibility index (Phi) is 1.63. The molecule has 1 aromatic carbocycles. The molecule has 3 aliphatic rings. The van der Waals surface area contributed by atoms with Crippen LogP contribution in [0.2, 0.25) is 0 Å². The fraction of sp³-hybridized carbons (Fsp3) is 0.538. The van der Waals surface area contributed by atoms with Gasteiger partial charge < -0.3 is 5.73 Å². The van der Waals surface area contributed by atoms with Crippen molar-refractivity contribution in [1.82, 2.24) is 0 Å². The van der Waals surface area contributed by atoms with Crippen molar-refractivity contribution in [2.75, 3.05) is 6.54 Å². The van der Waals surface area contributed by atoms with Gasteiger partial charge in [0.05, 0.1) is 0 Å². The van der Waals surface area contributed by atoms with Crippen LogP contribution in [0.15, 0.2) is 18.2 Å². The molecule has 4 rings (SSSR count). The number of hydrogen-bond donors (Lipinski definition) is 1. The molecule has 2 bridgehead atoms. The van der Waals surface area contributed by atoms with E-state index in [1.807, 2.05) is 19.1 Å². The van der Waals surface area contributed by atoms with Crippen LogP contribution < -0.4 is 5.73 Å². The average molecular weight is 205 g/mol. The minimum absolute atomic E-state index is 0.0362. The van der Waals surface area contributed by atoms with Gasteiger partial charge in [0.15, 0.2) is 0 Å². The van der Waals surface area contributed by atoms with E-state index in [4.69, 9.17) is 5.73 Å². The summed E-state index contributed by atoms with van der Waals surface area (Å²) in [5.41, 5.74) is 8.32. The van der Waals surface area contributed by atoms with Gasteiger partial charge in [-0.05, 0) is 55.2 Å². The van der Waals surface area contributed by atoms with Crippen molar-refractivity contribution in [2.45, 2.75) is 31.6 Å². The van der Waals surface area contributed by atoms with Crippen molar-refractivity contribution in [2.24, 2.45) is 11.1 Å². The Morgan fingerprint density at radius 2 is 2.00 bits per heavy atom. The molecule has 1 aromatic rings. The van der Waals surface area contributed by atoms with Gasteiger partial charge in [0.25, 0.3) is 0 Å². The van der Waals surface area contributed by atoms with Crippen molar-refractivity contribution < 1.29 is 4.39 Å². The topological polar surface area (TPSA) is 26.0 Å². The van der Waals surface area contributed by atoms with E-state index >= 15 is 0 Å². The Hall–Kier alpha value is -0.890. The molecule has 0 amide bonds. The molecule has 0 aliphatic heterocycles. The number of benzene rings is 1. The van der Waals surface area contributed by atoms with Crippen LogP contribution in [0.4, 0.5) is 4.39 Å². The molecule has 3 aliphatic carbocycles. The quantitative estimate of drug-likeness (QED) is 0.788. The molecule has 2 heteroatoms. The van der Waals surface area contributed by atoms with Crippen LogP contribution >= 0.6 is 0 Å². The zero-order valence-electron chi connectivity index (χ0n) is 9.02. The summed E-state index contributed by atoms with van der Waals surface area (Å²) < 4.78 is 13.7. The summed E-state index contributed by atoms with van der Waals surface area (Å²) in [5.74, 6) is -0.0362. The lowest BCUT2D eigenvalue weighted by molar-refractivity contribution is -0.134. The molecule has 2 N–H and O–H groups in total. The van der Waals surface area contributed by atoms with Crippen LogP contribution in [0.5, 0.6) is 0 Å². The normalized spacial score (nSPS) is 37.0. The van der Waals surface area contributed by atoms with Gasteiger partial charge in [-0.2, -0.15) is 0 Å². The first kappa shape index (κ1) is 9.34. The fourth-order valence-electron chi connectivity index (χ4n) is 3.55. The maximum absolute atomic E-state index is 13.7. The van der Waals surface area contributed by atoms with Crippen LogP contribution in [0.3, 0.4) is 0 Å². The molecular formula is C13H16FN. The molecule has 0 saturated heterocycles. The highest BCUT2D eigenvalue weighted by molar-refractivity contribution is 5.41. The maximum atomic E-state index is 13.7. The Balaban J connectivity index is 1.93. The van der Waals surface area contributed by atoms with Gasteiger partial charge in [0.1, 0.15) is 5.82 Å². The number of nitrogens with two attached hydrogens (primary N) is 1. The molecule has 0 heterocycles. The van der Waals surface area contributed by atoms with Crippen molar-refractivity contribution in [3.8, 4) is 0 Å². The zero-order chi connectivity index (χ0) is 10.7. The third-order valence-corrected chi connectivity index (χ3v) is 4.27. The van der Waals surface area contributed by atoms with Gasteiger partial charge in [0.2, 0.25) is 0 Å². The SMILES string of the molecule is Cc1ccc(F)c(C23CC(CN)(C2)C3)c1. The molecule has 0 atom stereocenters. The van der Waals surface area contributed by atoms with Gasteiger partial charge in [-0.3, -0.25) is 0 Å². The fourth-order valence-corrected chi connectivity index (χ4v) is 3.55. The summed E-state index contributed by atoms with van der Waals surface area (Å²) in [6.45, 7) is 2.79. The molecule has 15 heavy (non-hydrogen) atoms. The number of aryl methyl sites for hydroxylation is 1. The van der Waals surface area contributed by atoms with Crippen LogP contribution in [0, 0.1) is 18.2 Å². The summed E-state index contributed by atoms with van der Waals surface area (Å²) in [7, 11) is 0. The average Bonchev–Trinajstić information content (AvgIpc) is 2.07. The summed E-state index contributed by atoms with van der Waals surface area (Å²) in [6, 6.07) is 5.44. The number of hydrogen-bond acceptors (Lipinski definition) is 1. The lowest BCUT2D eigenvalue weighted by atomic mass is 9.33. The predicted octanol–water partition coefficient (Wildman–Crippen LogP) is 2.51. The van der Waals surface area contributed by atoms with Crippen molar-refractivity contribution in [3.63, 3.8) is 0 Å². The van der Waals surface area contributed by atoms with Crippen LogP contribution in [-0.4, -0.2) is 6.54 Å². The molecule has 0 aromatic heterocycles. The number of halogens is 1. The van der Waals surface area contributed by atoms with E-state index in [2.05, 4.69) is 0 Å². The minimum Gasteiger partial charge on any atom is -0.330 e. The van der Waals surface area contributed by atoms with E-state index in [9.17, 15) is 4.39 Å². The molecule has 1 nitrogen and oxygen atoms in total. The largest absolute Gasteiger partial charge is 0.330 e. The molecule has 0 radical (unpaired) electrons. The Bertz CT molecular complexity index is 405. The monoisotopic (exact) mass is 205 g/mol. The second-order valence-electron chi connectivity index (χ2n) is 5.50. The van der Waals surface area contributed by atoms with Crippen LogP contribution in [0.25, 0.3) is 0 Å². The Morgan fingerprint density at radius 3 is 2.60 bits per heavy atom. The van der Waals surface area contributed by atoms with Gasteiger partial charge in [-0.15, -0.1) is 0 Å². The third-order valence-electron chi connectivity index (χ3n) is 4.27. The van der Waals surface area contributed by atoms with Crippen LogP contribution in [-0.2, 0) is 5.41 Å². The lowest BCUT2D eigenvalue weighted by Crippen LogP contribution is -2.67. The third kappa shape index (κ3) is 1.06. The highest BCUT2D eigenvalue weighted by Crippen LogP contribution is 2.73. The van der Waals surface area contributed by atoms with Crippen molar-refractivity contribution >= 4 is 0 Å². The molecule has 80 valence electrons. The highest BCUT2D eigenvalue weighted by Gasteiger charge is 2.67. The van der Waals surface area contributed by atoms with E-state index in [1.54, 1.807) is 6.07 Å². The van der Waals surface area contributed by atoms with Crippen molar-refractivity contribution in [1.29, 1.82) is 0 Å². The number of rotatable bonds is 2. The lowest BCUT2D eigenvalue weighted by Gasteiger charge is -2.71. The molecular weight excluding hydrogens is 189 g/mol. The van der Waals surface area contributed by atoms with E-state index in [-0.39, 0.29) is 11.2 Å². The molecule has 0 spiro atoms. The molecule has 3 fully saturated rings. The van der Waals surface area contributed by atoms with E-state index < -0.39 is 0 Å². The predicted molar refractivity (Wildman–Crippen MR) is 58.2 cm³/mol. The van der Waals surface area contributed by atoms with E-state index in [1.165, 1.54) is 0 Å². The van der Waals surface area contributed by atoms with Gasteiger partial charge in [0, 0.05) is 0 Å². The van der Waals surface area contributed by atoms with Gasteiger partial charge in [-0.25, -0.2) is 4.39 Å². The first-order valence-electron chi connectivity index (χ1n) is 5.56. The Labute approximate surface area is 89.5 Å². The van der Waals surface area contributed by atoms with Crippen molar-refractivity contribution in [3.05, 3.63) is 35.1 Å². The standard InChI is InChI=1S/C13H16FN/c1-9-2-3-11(14)10(4-9)13-5-12(6-13,7-13)8-15/h2-4H,5-8,15H2,1H3. The zero-order valence-corrected chi connectivity index (χ0v) is 9.02. The second-order valence-corrected chi connectivity index (χ2v) is 5.50. The maximum Gasteiger partial charge on any atom is 0.126 e.